The molecule has 0 fully saturated rings. The van der Waals surface area contributed by atoms with E-state index >= 15 is 0 Å². The van der Waals surface area contributed by atoms with Crippen molar-refractivity contribution in [3.8, 4) is 5.75 Å². The molecule has 0 saturated carbocycles. The molecule has 0 bridgehead atoms. The fourth-order valence-corrected chi connectivity index (χ4v) is 2.47. The van der Waals surface area contributed by atoms with Crippen LogP contribution in [0, 0.1) is 0 Å². The van der Waals surface area contributed by atoms with Gasteiger partial charge < -0.3 is 14.6 Å². The van der Waals surface area contributed by atoms with Gasteiger partial charge in [-0.25, -0.2) is 4.21 Å². The first-order valence-electron chi connectivity index (χ1n) is 6.52. The van der Waals surface area contributed by atoms with Gasteiger partial charge in [0, 0.05) is 24.5 Å². The highest BCUT2D eigenvalue weighted by atomic mass is 32.2. The number of hydrogen-bond acceptors (Lipinski definition) is 3. The third-order valence-corrected chi connectivity index (χ3v) is 3.83. The molecule has 1 rings (SSSR count). The average molecular weight is 285 g/mol. The SMILES string of the molecule is CCCS(=O)Nc1ccc(OC(C)(C)CCO)cc1. The van der Waals surface area contributed by atoms with Crippen molar-refractivity contribution in [3.63, 3.8) is 0 Å². The first-order valence-corrected chi connectivity index (χ1v) is 7.83. The van der Waals surface area contributed by atoms with Crippen molar-refractivity contribution in [2.45, 2.75) is 39.2 Å². The Morgan fingerprint density at radius 2 is 1.95 bits per heavy atom. The summed E-state index contributed by atoms with van der Waals surface area (Å²) in [6.45, 7) is 5.97. The number of anilines is 1. The summed E-state index contributed by atoms with van der Waals surface area (Å²) in [4.78, 5) is 0. The molecule has 1 aromatic carbocycles. The van der Waals surface area contributed by atoms with Crippen LogP contribution in [0.1, 0.15) is 33.6 Å². The van der Waals surface area contributed by atoms with Crippen LogP contribution in [-0.2, 0) is 11.0 Å². The van der Waals surface area contributed by atoms with Gasteiger partial charge in [0.25, 0.3) is 0 Å². The molecular weight excluding hydrogens is 262 g/mol. The van der Waals surface area contributed by atoms with Gasteiger partial charge in [-0.3, -0.25) is 0 Å². The Morgan fingerprint density at radius 1 is 1.32 bits per heavy atom. The van der Waals surface area contributed by atoms with Crippen LogP contribution in [0.2, 0.25) is 0 Å². The number of aliphatic hydroxyl groups is 1. The molecule has 0 radical (unpaired) electrons. The van der Waals surface area contributed by atoms with Gasteiger partial charge in [-0.2, -0.15) is 0 Å². The first kappa shape index (κ1) is 16.0. The van der Waals surface area contributed by atoms with E-state index in [2.05, 4.69) is 4.72 Å². The fourth-order valence-electron chi connectivity index (χ4n) is 1.60. The Labute approximate surface area is 117 Å². The standard InChI is InChI=1S/C14H23NO3S/c1-4-11-19(17)15-12-5-7-13(8-6-12)18-14(2,3)9-10-16/h5-8,15-16H,4,9-11H2,1-3H3. The van der Waals surface area contributed by atoms with Crippen molar-refractivity contribution >= 4 is 16.7 Å². The normalized spacial score (nSPS) is 13.1. The van der Waals surface area contributed by atoms with Crippen LogP contribution >= 0.6 is 0 Å². The van der Waals surface area contributed by atoms with Gasteiger partial charge in [0.2, 0.25) is 0 Å². The maximum absolute atomic E-state index is 11.6. The van der Waals surface area contributed by atoms with Gasteiger partial charge in [0.15, 0.2) is 0 Å². The van der Waals surface area contributed by atoms with E-state index < -0.39 is 16.6 Å². The first-order chi connectivity index (χ1) is 8.96. The number of ether oxygens (including phenoxy) is 1. The molecule has 1 atom stereocenters. The molecule has 5 heteroatoms. The zero-order valence-electron chi connectivity index (χ0n) is 11.8. The number of rotatable bonds is 8. The largest absolute Gasteiger partial charge is 0.488 e. The monoisotopic (exact) mass is 285 g/mol. The predicted molar refractivity (Wildman–Crippen MR) is 79.8 cm³/mol. The van der Waals surface area contributed by atoms with E-state index in [0.717, 1.165) is 17.9 Å². The van der Waals surface area contributed by atoms with Crippen molar-refractivity contribution in [1.82, 2.24) is 0 Å². The molecule has 0 saturated heterocycles. The lowest BCUT2D eigenvalue weighted by Crippen LogP contribution is -2.29. The summed E-state index contributed by atoms with van der Waals surface area (Å²) < 4.78 is 20.3. The van der Waals surface area contributed by atoms with Gasteiger partial charge in [0.1, 0.15) is 22.3 Å². The molecule has 2 N–H and O–H groups in total. The second-order valence-electron chi connectivity index (χ2n) is 5.01. The molecule has 0 aromatic heterocycles. The van der Waals surface area contributed by atoms with Crippen molar-refractivity contribution in [2.24, 2.45) is 0 Å². The number of benzene rings is 1. The molecule has 108 valence electrons. The fraction of sp³-hybridized carbons (Fsp3) is 0.571. The second kappa shape index (κ2) is 7.50. The van der Waals surface area contributed by atoms with Crippen molar-refractivity contribution in [2.75, 3.05) is 17.1 Å². The molecule has 1 aromatic rings. The average Bonchev–Trinajstić information content (AvgIpc) is 2.31. The third kappa shape index (κ3) is 6.07. The van der Waals surface area contributed by atoms with Gasteiger partial charge in [-0.05, 0) is 44.5 Å². The topological polar surface area (TPSA) is 58.6 Å². The van der Waals surface area contributed by atoms with E-state index in [-0.39, 0.29) is 6.61 Å². The molecule has 0 aliphatic rings. The van der Waals surface area contributed by atoms with Crippen LogP contribution < -0.4 is 9.46 Å². The Kier molecular flexibility index (Phi) is 6.31. The number of aliphatic hydroxyl groups excluding tert-OH is 1. The van der Waals surface area contributed by atoms with Crippen LogP contribution in [0.5, 0.6) is 5.75 Å². The Bertz CT molecular complexity index is 404. The Balaban J connectivity index is 2.59. The van der Waals surface area contributed by atoms with Crippen LogP contribution in [0.4, 0.5) is 5.69 Å². The summed E-state index contributed by atoms with van der Waals surface area (Å²) in [5.41, 5.74) is 0.424. The van der Waals surface area contributed by atoms with E-state index in [9.17, 15) is 4.21 Å². The molecule has 0 amide bonds. The minimum atomic E-state index is -1.02. The molecule has 0 aliphatic heterocycles. The maximum Gasteiger partial charge on any atom is 0.120 e. The van der Waals surface area contributed by atoms with Crippen molar-refractivity contribution in [1.29, 1.82) is 0 Å². The Hall–Kier alpha value is -1.07. The zero-order valence-corrected chi connectivity index (χ0v) is 12.6. The highest BCUT2D eigenvalue weighted by molar-refractivity contribution is 7.86. The lowest BCUT2D eigenvalue weighted by atomic mass is 10.1. The highest BCUT2D eigenvalue weighted by Crippen LogP contribution is 2.22. The summed E-state index contributed by atoms with van der Waals surface area (Å²) in [5, 5.41) is 8.95. The van der Waals surface area contributed by atoms with E-state index in [0.29, 0.717) is 12.2 Å². The van der Waals surface area contributed by atoms with Gasteiger partial charge in [0.05, 0.1) is 0 Å². The van der Waals surface area contributed by atoms with E-state index in [1.54, 1.807) is 0 Å². The summed E-state index contributed by atoms with van der Waals surface area (Å²) in [5.74, 6) is 1.38. The third-order valence-electron chi connectivity index (χ3n) is 2.58. The minimum Gasteiger partial charge on any atom is -0.488 e. The van der Waals surface area contributed by atoms with E-state index in [1.807, 2.05) is 45.0 Å². The molecule has 0 heterocycles. The molecule has 1 unspecified atom stereocenters. The minimum absolute atomic E-state index is 0.0998. The number of hydrogen-bond donors (Lipinski definition) is 2. The summed E-state index contributed by atoms with van der Waals surface area (Å²) in [6, 6.07) is 7.37. The van der Waals surface area contributed by atoms with Crippen molar-refractivity contribution in [3.05, 3.63) is 24.3 Å². The lowest BCUT2D eigenvalue weighted by molar-refractivity contribution is 0.0765. The van der Waals surface area contributed by atoms with Crippen LogP contribution in [0.15, 0.2) is 24.3 Å². The van der Waals surface area contributed by atoms with Crippen molar-refractivity contribution < 1.29 is 14.1 Å². The Morgan fingerprint density at radius 3 is 2.47 bits per heavy atom. The van der Waals surface area contributed by atoms with Gasteiger partial charge >= 0.3 is 0 Å². The highest BCUT2D eigenvalue weighted by Gasteiger charge is 2.18. The zero-order chi connectivity index (χ0) is 14.3. The molecule has 0 spiro atoms. The summed E-state index contributed by atoms with van der Waals surface area (Å²) >= 11 is 0. The number of nitrogens with one attached hydrogen (secondary N) is 1. The molecule has 4 nitrogen and oxygen atoms in total. The second-order valence-corrected chi connectivity index (χ2v) is 6.31. The summed E-state index contributed by atoms with van der Waals surface area (Å²) in [6.07, 6.45) is 1.46. The van der Waals surface area contributed by atoms with Crippen LogP contribution in [-0.4, -0.2) is 27.3 Å². The van der Waals surface area contributed by atoms with E-state index in [4.69, 9.17) is 9.84 Å². The van der Waals surface area contributed by atoms with Crippen LogP contribution in [0.25, 0.3) is 0 Å². The van der Waals surface area contributed by atoms with Gasteiger partial charge in [-0.15, -0.1) is 0 Å². The lowest BCUT2D eigenvalue weighted by Gasteiger charge is -2.25. The maximum atomic E-state index is 11.6. The predicted octanol–water partition coefficient (Wildman–Crippen LogP) is 2.71. The molecule has 19 heavy (non-hydrogen) atoms. The van der Waals surface area contributed by atoms with Gasteiger partial charge in [-0.1, -0.05) is 6.92 Å². The molecular formula is C14H23NO3S. The molecule has 0 aliphatic carbocycles. The van der Waals surface area contributed by atoms with Crippen LogP contribution in [0.3, 0.4) is 0 Å². The quantitative estimate of drug-likeness (QED) is 0.772. The summed E-state index contributed by atoms with van der Waals surface area (Å²) in [7, 11) is -1.02. The van der Waals surface area contributed by atoms with E-state index in [1.165, 1.54) is 0 Å². The smallest absolute Gasteiger partial charge is 0.120 e.